The summed E-state index contributed by atoms with van der Waals surface area (Å²) in [5, 5.41) is 9.36. The summed E-state index contributed by atoms with van der Waals surface area (Å²) in [5.74, 6) is 1.50. The molecule has 1 heterocycles. The first-order valence-electron chi connectivity index (χ1n) is 7.32. The summed E-state index contributed by atoms with van der Waals surface area (Å²) < 4.78 is 11.1. The number of hydrogen-bond acceptors (Lipinski definition) is 4. The maximum Gasteiger partial charge on any atom is 0.161 e. The van der Waals surface area contributed by atoms with E-state index in [2.05, 4.69) is 11.1 Å². The predicted octanol–water partition coefficient (Wildman–Crippen LogP) is 3.22. The van der Waals surface area contributed by atoms with Gasteiger partial charge >= 0.3 is 0 Å². The summed E-state index contributed by atoms with van der Waals surface area (Å²) in [7, 11) is 3.78. The van der Waals surface area contributed by atoms with Gasteiger partial charge in [0.1, 0.15) is 19.3 Å². The summed E-state index contributed by atoms with van der Waals surface area (Å²) in [6.07, 6.45) is 1.68. The van der Waals surface area contributed by atoms with Gasteiger partial charge in [0.25, 0.3) is 0 Å². The van der Waals surface area contributed by atoms with Gasteiger partial charge in [-0.05, 0) is 35.4 Å². The molecule has 0 N–H and O–H groups in total. The van der Waals surface area contributed by atoms with Crippen LogP contribution in [0.5, 0.6) is 11.5 Å². The lowest BCUT2D eigenvalue weighted by atomic mass is 10.0. The number of fused-ring (bicyclic) bond motifs is 1. The molecule has 2 aromatic carbocycles. The molecule has 0 saturated heterocycles. The summed E-state index contributed by atoms with van der Waals surface area (Å²) in [5.41, 5.74) is 3.12. The van der Waals surface area contributed by atoms with E-state index in [9.17, 15) is 5.26 Å². The van der Waals surface area contributed by atoms with Crippen LogP contribution in [0.4, 0.5) is 5.69 Å². The molecule has 116 valence electrons. The number of benzene rings is 2. The second-order valence-corrected chi connectivity index (χ2v) is 5.41. The first-order chi connectivity index (χ1) is 11.2. The molecule has 0 radical (unpaired) electrons. The lowest BCUT2D eigenvalue weighted by Crippen LogP contribution is -2.15. The molecule has 0 bridgehead atoms. The zero-order chi connectivity index (χ0) is 16.2. The number of hydrogen-bond donors (Lipinski definition) is 0. The fraction of sp³-hybridized carbons (Fsp3) is 0.222. The topological polar surface area (TPSA) is 57.9 Å². The van der Waals surface area contributed by atoms with Crippen LogP contribution in [-0.4, -0.2) is 38.5 Å². The van der Waals surface area contributed by atoms with E-state index in [-0.39, 0.29) is 0 Å². The normalized spacial score (nSPS) is 12.9. The van der Waals surface area contributed by atoms with Crippen molar-refractivity contribution in [1.29, 1.82) is 5.26 Å². The lowest BCUT2D eigenvalue weighted by Gasteiger charge is -2.19. The van der Waals surface area contributed by atoms with Gasteiger partial charge in [-0.2, -0.15) is 5.26 Å². The van der Waals surface area contributed by atoms with Gasteiger partial charge in [0.05, 0.1) is 17.6 Å². The van der Waals surface area contributed by atoms with Crippen LogP contribution in [0.1, 0.15) is 5.56 Å². The van der Waals surface area contributed by atoms with Crippen LogP contribution in [0, 0.1) is 11.3 Å². The highest BCUT2D eigenvalue weighted by molar-refractivity contribution is 5.73. The van der Waals surface area contributed by atoms with Crippen LogP contribution in [0.2, 0.25) is 0 Å². The van der Waals surface area contributed by atoms with Crippen LogP contribution in [-0.2, 0) is 0 Å². The Bertz CT molecular complexity index is 791. The number of rotatable bonds is 3. The monoisotopic (exact) mass is 307 g/mol. The van der Waals surface area contributed by atoms with Crippen molar-refractivity contribution in [1.82, 2.24) is 4.90 Å². The van der Waals surface area contributed by atoms with Gasteiger partial charge in [0, 0.05) is 14.1 Å². The number of nitrogens with zero attached hydrogens (tertiary/aromatic N) is 3. The van der Waals surface area contributed by atoms with Crippen molar-refractivity contribution < 1.29 is 9.47 Å². The summed E-state index contributed by atoms with van der Waals surface area (Å²) in [6.45, 7) is 1.13. The summed E-state index contributed by atoms with van der Waals surface area (Å²) in [4.78, 5) is 6.14. The maximum absolute atomic E-state index is 9.36. The van der Waals surface area contributed by atoms with E-state index in [0.717, 1.165) is 22.6 Å². The van der Waals surface area contributed by atoms with Gasteiger partial charge in [-0.25, -0.2) is 4.99 Å². The Morgan fingerprint density at radius 2 is 1.74 bits per heavy atom. The van der Waals surface area contributed by atoms with E-state index in [1.165, 1.54) is 0 Å². The molecule has 0 aliphatic carbocycles. The molecule has 5 nitrogen and oxygen atoms in total. The minimum atomic E-state index is 0.537. The lowest BCUT2D eigenvalue weighted by molar-refractivity contribution is 0.171. The first kappa shape index (κ1) is 14.9. The zero-order valence-corrected chi connectivity index (χ0v) is 13.1. The highest BCUT2D eigenvalue weighted by atomic mass is 16.6. The van der Waals surface area contributed by atoms with Crippen LogP contribution in [0.3, 0.4) is 0 Å². The third-order valence-corrected chi connectivity index (χ3v) is 3.42. The van der Waals surface area contributed by atoms with E-state index >= 15 is 0 Å². The molecule has 0 unspecified atom stereocenters. The van der Waals surface area contributed by atoms with Crippen molar-refractivity contribution in [3.63, 3.8) is 0 Å². The fourth-order valence-corrected chi connectivity index (χ4v) is 2.32. The van der Waals surface area contributed by atoms with Crippen LogP contribution < -0.4 is 9.47 Å². The van der Waals surface area contributed by atoms with Gasteiger partial charge in [-0.15, -0.1) is 0 Å². The highest BCUT2D eigenvalue weighted by Gasteiger charge is 2.13. The van der Waals surface area contributed by atoms with Crippen molar-refractivity contribution in [2.24, 2.45) is 4.99 Å². The first-order valence-corrected chi connectivity index (χ1v) is 7.32. The van der Waals surface area contributed by atoms with Crippen molar-refractivity contribution in [3.05, 3.63) is 42.0 Å². The average Bonchev–Trinajstić information content (AvgIpc) is 2.59. The fourth-order valence-electron chi connectivity index (χ4n) is 2.32. The largest absolute Gasteiger partial charge is 0.486 e. The summed E-state index contributed by atoms with van der Waals surface area (Å²) in [6, 6.07) is 13.6. The zero-order valence-electron chi connectivity index (χ0n) is 13.1. The third kappa shape index (κ3) is 3.27. The molecule has 0 atom stereocenters. The smallest absolute Gasteiger partial charge is 0.161 e. The number of nitriles is 1. The molecular formula is C18H17N3O2. The van der Waals surface area contributed by atoms with Gasteiger partial charge in [-0.3, -0.25) is 0 Å². The number of aliphatic imine (C=N–C) groups is 1. The van der Waals surface area contributed by atoms with Crippen LogP contribution in [0.25, 0.3) is 11.1 Å². The molecule has 1 aliphatic heterocycles. The van der Waals surface area contributed by atoms with E-state index in [1.54, 1.807) is 6.34 Å². The van der Waals surface area contributed by atoms with Crippen molar-refractivity contribution >= 4 is 12.0 Å². The van der Waals surface area contributed by atoms with Crippen molar-refractivity contribution in [3.8, 4) is 28.7 Å². The van der Waals surface area contributed by atoms with E-state index < -0.39 is 0 Å². The van der Waals surface area contributed by atoms with E-state index in [4.69, 9.17) is 9.47 Å². The molecule has 1 aliphatic rings. The Kier molecular flexibility index (Phi) is 4.15. The SMILES string of the molecule is CN(C)C=Nc1ccc(-c2ccc3c(c2)OCCO3)cc1C#N. The van der Waals surface area contributed by atoms with E-state index in [0.29, 0.717) is 24.5 Å². The molecular weight excluding hydrogens is 290 g/mol. The van der Waals surface area contributed by atoms with Gasteiger partial charge in [0.2, 0.25) is 0 Å². The molecule has 2 aromatic rings. The average molecular weight is 307 g/mol. The Morgan fingerprint density at radius 3 is 2.48 bits per heavy atom. The molecule has 3 rings (SSSR count). The molecule has 5 heteroatoms. The molecule has 0 spiro atoms. The van der Waals surface area contributed by atoms with Crippen molar-refractivity contribution in [2.75, 3.05) is 27.3 Å². The predicted molar refractivity (Wildman–Crippen MR) is 89.4 cm³/mol. The van der Waals surface area contributed by atoms with Crippen LogP contribution >= 0.6 is 0 Å². The maximum atomic E-state index is 9.36. The molecule has 23 heavy (non-hydrogen) atoms. The van der Waals surface area contributed by atoms with Gasteiger partial charge in [-0.1, -0.05) is 12.1 Å². The molecule has 0 saturated carbocycles. The quantitative estimate of drug-likeness (QED) is 0.645. The van der Waals surface area contributed by atoms with Gasteiger partial charge < -0.3 is 14.4 Å². The third-order valence-electron chi connectivity index (χ3n) is 3.42. The molecule has 0 fully saturated rings. The Balaban J connectivity index is 1.96. The standard InChI is InChI=1S/C18H17N3O2/c1-21(2)12-20-16-5-3-13(9-15(16)11-19)14-4-6-17-18(10-14)23-8-7-22-17/h3-6,9-10,12H,7-8H2,1-2H3. The molecule has 0 aromatic heterocycles. The summed E-state index contributed by atoms with van der Waals surface area (Å²) >= 11 is 0. The van der Waals surface area contributed by atoms with Gasteiger partial charge in [0.15, 0.2) is 11.5 Å². The Labute approximate surface area is 135 Å². The Morgan fingerprint density at radius 1 is 1.04 bits per heavy atom. The molecule has 0 amide bonds. The van der Waals surface area contributed by atoms with Crippen molar-refractivity contribution in [2.45, 2.75) is 0 Å². The highest BCUT2D eigenvalue weighted by Crippen LogP contribution is 2.35. The minimum absolute atomic E-state index is 0.537. The second-order valence-electron chi connectivity index (χ2n) is 5.41. The Hall–Kier alpha value is -3.00. The number of ether oxygens (including phenoxy) is 2. The van der Waals surface area contributed by atoms with Crippen LogP contribution in [0.15, 0.2) is 41.4 Å². The minimum Gasteiger partial charge on any atom is -0.486 e. The van der Waals surface area contributed by atoms with E-state index in [1.807, 2.05) is 55.4 Å². The second kappa shape index (κ2) is 6.41.